The molecule has 2 aromatic carbocycles. The third kappa shape index (κ3) is 4.80. The number of likely N-dealkylation sites (tertiary alicyclic amines) is 1. The zero-order valence-electron chi connectivity index (χ0n) is 19.0. The van der Waals surface area contributed by atoms with Crippen LogP contribution in [-0.2, 0) is 0 Å². The summed E-state index contributed by atoms with van der Waals surface area (Å²) in [5.41, 5.74) is 1.49. The normalized spacial score (nSPS) is 16.8. The summed E-state index contributed by atoms with van der Waals surface area (Å²) in [7, 11) is 0. The predicted molar refractivity (Wildman–Crippen MR) is 125 cm³/mol. The fourth-order valence-electron chi connectivity index (χ4n) is 4.54. The van der Waals surface area contributed by atoms with Crippen molar-refractivity contribution in [1.82, 2.24) is 14.9 Å². The Morgan fingerprint density at radius 3 is 2.67 bits per heavy atom. The van der Waals surface area contributed by atoms with E-state index < -0.39 is 12.5 Å². The lowest BCUT2D eigenvalue weighted by molar-refractivity contribution is 0.152. The number of hydrogen-bond donors (Lipinski definition) is 1. The molecule has 8 heteroatoms. The van der Waals surface area contributed by atoms with E-state index in [9.17, 15) is 18.7 Å². The molecule has 1 amide bonds. The van der Waals surface area contributed by atoms with Crippen LogP contribution in [-0.4, -0.2) is 51.7 Å². The Hall–Kier alpha value is -3.13. The van der Waals surface area contributed by atoms with Gasteiger partial charge in [-0.2, -0.15) is 0 Å². The second-order valence-electron chi connectivity index (χ2n) is 9.03. The summed E-state index contributed by atoms with van der Waals surface area (Å²) < 4.78 is 27.4. The van der Waals surface area contributed by atoms with E-state index in [1.165, 1.54) is 11.0 Å². The lowest BCUT2D eigenvalue weighted by Gasteiger charge is -2.27. The van der Waals surface area contributed by atoms with Crippen LogP contribution in [0.4, 0.5) is 19.4 Å². The van der Waals surface area contributed by atoms with E-state index in [1.807, 2.05) is 19.1 Å². The van der Waals surface area contributed by atoms with Gasteiger partial charge >= 0.3 is 6.09 Å². The topological polar surface area (TPSA) is 69.6 Å². The van der Waals surface area contributed by atoms with Gasteiger partial charge in [-0.1, -0.05) is 44.2 Å². The monoisotopic (exact) mass is 454 g/mol. The van der Waals surface area contributed by atoms with Crippen molar-refractivity contribution in [2.24, 2.45) is 5.92 Å². The summed E-state index contributed by atoms with van der Waals surface area (Å²) in [6.07, 6.45) is -3.13. The van der Waals surface area contributed by atoms with Crippen LogP contribution >= 0.6 is 0 Å². The van der Waals surface area contributed by atoms with Gasteiger partial charge in [0.1, 0.15) is 5.82 Å². The number of benzene rings is 2. The fourth-order valence-corrected chi connectivity index (χ4v) is 4.54. The van der Waals surface area contributed by atoms with Crippen molar-refractivity contribution in [3.8, 4) is 11.4 Å². The van der Waals surface area contributed by atoms with Crippen molar-refractivity contribution in [1.29, 1.82) is 0 Å². The molecule has 2 heterocycles. The van der Waals surface area contributed by atoms with Crippen LogP contribution in [0, 0.1) is 12.8 Å². The number of nitrogens with zero attached hydrogens (tertiary/aromatic N) is 4. The van der Waals surface area contributed by atoms with Gasteiger partial charge in [0.05, 0.1) is 11.6 Å². The lowest BCUT2D eigenvalue weighted by Crippen LogP contribution is -2.42. The van der Waals surface area contributed by atoms with Crippen LogP contribution < -0.4 is 4.90 Å². The SMILES string of the molecule is Cc1ccc2c(N(C(=O)O)[C@@H]3CCN(CC(C)C)C3)nc(-c3ccccc3C(F)F)nc2c1. The second kappa shape index (κ2) is 9.39. The molecular formula is C25H28F2N4O2. The number of aryl methyl sites for hydroxylation is 1. The third-order valence-electron chi connectivity index (χ3n) is 5.94. The molecule has 1 N–H and O–H groups in total. The molecule has 1 fully saturated rings. The Morgan fingerprint density at radius 1 is 1.21 bits per heavy atom. The number of aromatic nitrogens is 2. The van der Waals surface area contributed by atoms with Gasteiger partial charge in [-0.3, -0.25) is 4.90 Å². The van der Waals surface area contributed by atoms with Crippen molar-refractivity contribution in [3.63, 3.8) is 0 Å². The number of halogens is 2. The van der Waals surface area contributed by atoms with Gasteiger partial charge in [-0.05, 0) is 37.0 Å². The van der Waals surface area contributed by atoms with E-state index in [0.29, 0.717) is 29.8 Å². The minimum Gasteiger partial charge on any atom is -0.465 e. The van der Waals surface area contributed by atoms with Crippen molar-refractivity contribution in [2.45, 2.75) is 39.7 Å². The summed E-state index contributed by atoms with van der Waals surface area (Å²) in [5.74, 6) is 0.813. The Bertz CT molecular complexity index is 1170. The molecule has 33 heavy (non-hydrogen) atoms. The molecular weight excluding hydrogens is 426 g/mol. The van der Waals surface area contributed by atoms with E-state index in [2.05, 4.69) is 28.7 Å². The number of carbonyl (C=O) groups is 1. The first-order valence-corrected chi connectivity index (χ1v) is 11.1. The van der Waals surface area contributed by atoms with Gasteiger partial charge in [0.2, 0.25) is 0 Å². The number of rotatable bonds is 6. The third-order valence-corrected chi connectivity index (χ3v) is 5.94. The van der Waals surface area contributed by atoms with E-state index >= 15 is 0 Å². The molecule has 174 valence electrons. The first kappa shape index (κ1) is 23.0. The highest BCUT2D eigenvalue weighted by atomic mass is 19.3. The molecule has 1 aliphatic heterocycles. The Kier molecular flexibility index (Phi) is 6.56. The van der Waals surface area contributed by atoms with Gasteiger partial charge in [-0.15, -0.1) is 0 Å². The molecule has 0 radical (unpaired) electrons. The Balaban J connectivity index is 1.86. The molecule has 4 rings (SSSR count). The highest BCUT2D eigenvalue weighted by Gasteiger charge is 2.34. The predicted octanol–water partition coefficient (Wildman–Crippen LogP) is 5.76. The van der Waals surface area contributed by atoms with Crippen LogP contribution in [0.15, 0.2) is 42.5 Å². The van der Waals surface area contributed by atoms with Crippen LogP contribution in [0.3, 0.4) is 0 Å². The molecule has 0 spiro atoms. The molecule has 6 nitrogen and oxygen atoms in total. The van der Waals surface area contributed by atoms with Gasteiger partial charge < -0.3 is 10.0 Å². The van der Waals surface area contributed by atoms with Gasteiger partial charge in [0.15, 0.2) is 5.82 Å². The minimum atomic E-state index is -2.70. The maximum atomic E-state index is 13.7. The fraction of sp³-hybridized carbons (Fsp3) is 0.400. The highest BCUT2D eigenvalue weighted by Crippen LogP contribution is 2.34. The molecule has 1 aliphatic rings. The molecule has 1 aromatic heterocycles. The number of fused-ring (bicyclic) bond motifs is 1. The summed E-state index contributed by atoms with van der Waals surface area (Å²) >= 11 is 0. The number of amides is 1. The smallest absolute Gasteiger partial charge is 0.413 e. The van der Waals surface area contributed by atoms with Gasteiger partial charge in [0.25, 0.3) is 6.43 Å². The molecule has 0 aliphatic carbocycles. The summed E-state index contributed by atoms with van der Waals surface area (Å²) in [4.78, 5) is 25.2. The first-order valence-electron chi connectivity index (χ1n) is 11.1. The van der Waals surface area contributed by atoms with E-state index in [0.717, 1.165) is 18.7 Å². The van der Waals surface area contributed by atoms with E-state index in [4.69, 9.17) is 0 Å². The maximum absolute atomic E-state index is 13.7. The maximum Gasteiger partial charge on any atom is 0.413 e. The van der Waals surface area contributed by atoms with Crippen LogP contribution in [0.5, 0.6) is 0 Å². The lowest BCUT2D eigenvalue weighted by atomic mass is 10.1. The Labute approximate surface area is 191 Å². The molecule has 3 aromatic rings. The first-order chi connectivity index (χ1) is 15.7. The zero-order chi connectivity index (χ0) is 23.7. The van der Waals surface area contributed by atoms with Crippen molar-refractivity contribution >= 4 is 22.8 Å². The van der Waals surface area contributed by atoms with Crippen LogP contribution in [0.1, 0.15) is 37.8 Å². The average molecular weight is 455 g/mol. The summed E-state index contributed by atoms with van der Waals surface area (Å²) in [6, 6.07) is 11.3. The largest absolute Gasteiger partial charge is 0.465 e. The minimum absolute atomic E-state index is 0.0993. The number of alkyl halides is 2. The van der Waals surface area contributed by atoms with Gasteiger partial charge in [0, 0.05) is 36.1 Å². The van der Waals surface area contributed by atoms with Crippen molar-refractivity contribution in [3.05, 3.63) is 53.6 Å². The van der Waals surface area contributed by atoms with Crippen LogP contribution in [0.25, 0.3) is 22.3 Å². The summed E-state index contributed by atoms with van der Waals surface area (Å²) in [5, 5.41) is 10.8. The molecule has 0 bridgehead atoms. The Morgan fingerprint density at radius 2 is 1.97 bits per heavy atom. The average Bonchev–Trinajstić information content (AvgIpc) is 3.20. The summed E-state index contributed by atoms with van der Waals surface area (Å²) in [6.45, 7) is 8.47. The van der Waals surface area contributed by atoms with Crippen molar-refractivity contribution in [2.75, 3.05) is 24.5 Å². The molecule has 0 saturated carbocycles. The zero-order valence-corrected chi connectivity index (χ0v) is 19.0. The molecule has 1 saturated heterocycles. The van der Waals surface area contributed by atoms with Crippen molar-refractivity contribution < 1.29 is 18.7 Å². The number of hydrogen-bond acceptors (Lipinski definition) is 4. The molecule has 0 unspecified atom stereocenters. The van der Waals surface area contributed by atoms with Crippen LogP contribution in [0.2, 0.25) is 0 Å². The molecule has 1 atom stereocenters. The second-order valence-corrected chi connectivity index (χ2v) is 9.03. The standard InChI is InChI=1S/C25H28F2N4O2/c1-15(2)13-30-11-10-17(14-30)31(25(32)33)24-20-9-8-16(3)12-21(20)28-23(29-24)19-7-5-4-6-18(19)22(26)27/h4-9,12,15,17,22H,10-11,13-14H2,1-3H3,(H,32,33)/t17-/m1/s1. The number of anilines is 1. The van der Waals surface area contributed by atoms with E-state index in [1.54, 1.807) is 24.3 Å². The van der Waals surface area contributed by atoms with E-state index in [-0.39, 0.29) is 28.8 Å². The highest BCUT2D eigenvalue weighted by molar-refractivity contribution is 5.99. The number of carboxylic acid groups (broad SMARTS) is 1. The quantitative estimate of drug-likeness (QED) is 0.513. The van der Waals surface area contributed by atoms with Gasteiger partial charge in [-0.25, -0.2) is 23.5 Å².